The zero-order valence-corrected chi connectivity index (χ0v) is 15.8. The molecule has 1 aromatic heterocycles. The van der Waals surface area contributed by atoms with Gasteiger partial charge in [0.1, 0.15) is 5.82 Å². The molecule has 3 rings (SSSR count). The average Bonchev–Trinajstić information content (AvgIpc) is 2.62. The first kappa shape index (κ1) is 17.9. The summed E-state index contributed by atoms with van der Waals surface area (Å²) in [6.07, 6.45) is 3.62. The van der Waals surface area contributed by atoms with E-state index < -0.39 is 0 Å². The predicted octanol–water partition coefficient (Wildman–Crippen LogP) is 4.58. The molecule has 2 aromatic rings. The van der Waals surface area contributed by atoms with Crippen LogP contribution in [0, 0.1) is 6.92 Å². The standard InChI is InChI=1S/C20H24ClN3O/c1-13(2)19-18(12-22-14(3)23-19)20(25)24-10-8-16(9-11-24)15-4-6-17(21)7-5-15/h4-7,12-13,16H,8-11H2,1-3H3. The molecule has 0 saturated carbocycles. The Hall–Kier alpha value is -1.94. The number of nitrogens with zero attached hydrogens (tertiary/aromatic N) is 3. The summed E-state index contributed by atoms with van der Waals surface area (Å²) < 4.78 is 0. The highest BCUT2D eigenvalue weighted by atomic mass is 35.5. The monoisotopic (exact) mass is 357 g/mol. The smallest absolute Gasteiger partial charge is 0.257 e. The Bertz CT molecular complexity index is 750. The van der Waals surface area contributed by atoms with Gasteiger partial charge in [0.05, 0.1) is 11.3 Å². The Morgan fingerprint density at radius 1 is 1.20 bits per heavy atom. The minimum absolute atomic E-state index is 0.0539. The van der Waals surface area contributed by atoms with Crippen molar-refractivity contribution in [3.8, 4) is 0 Å². The van der Waals surface area contributed by atoms with E-state index in [9.17, 15) is 4.79 Å². The number of hydrogen-bond acceptors (Lipinski definition) is 3. The van der Waals surface area contributed by atoms with E-state index in [-0.39, 0.29) is 11.8 Å². The second kappa shape index (κ2) is 7.52. The van der Waals surface area contributed by atoms with Gasteiger partial charge in [-0.1, -0.05) is 37.6 Å². The Morgan fingerprint density at radius 2 is 1.84 bits per heavy atom. The molecule has 1 amide bonds. The summed E-state index contributed by atoms with van der Waals surface area (Å²) in [5.74, 6) is 1.45. The molecule has 0 aliphatic carbocycles. The van der Waals surface area contributed by atoms with Gasteiger partial charge in [0.2, 0.25) is 0 Å². The van der Waals surface area contributed by atoms with Crippen LogP contribution >= 0.6 is 11.6 Å². The average molecular weight is 358 g/mol. The van der Waals surface area contributed by atoms with Gasteiger partial charge in [-0.05, 0) is 49.3 Å². The molecule has 0 unspecified atom stereocenters. The van der Waals surface area contributed by atoms with E-state index >= 15 is 0 Å². The number of likely N-dealkylation sites (tertiary alicyclic amines) is 1. The number of aromatic nitrogens is 2. The highest BCUT2D eigenvalue weighted by Crippen LogP contribution is 2.30. The second-order valence-electron chi connectivity index (χ2n) is 6.99. The van der Waals surface area contributed by atoms with Gasteiger partial charge in [0, 0.05) is 24.3 Å². The molecule has 0 spiro atoms. The Labute approximate surface area is 154 Å². The van der Waals surface area contributed by atoms with Gasteiger partial charge in [0.15, 0.2) is 0 Å². The third-order valence-electron chi connectivity index (χ3n) is 4.84. The van der Waals surface area contributed by atoms with Crippen LogP contribution in [0.25, 0.3) is 0 Å². The zero-order valence-electron chi connectivity index (χ0n) is 15.0. The van der Waals surface area contributed by atoms with Crippen molar-refractivity contribution in [2.24, 2.45) is 0 Å². The molecular formula is C20H24ClN3O. The molecule has 0 atom stereocenters. The lowest BCUT2D eigenvalue weighted by Crippen LogP contribution is -2.38. The van der Waals surface area contributed by atoms with Crippen molar-refractivity contribution >= 4 is 17.5 Å². The number of piperidine rings is 1. The molecule has 0 radical (unpaired) electrons. The first-order valence-electron chi connectivity index (χ1n) is 8.84. The largest absolute Gasteiger partial charge is 0.338 e. The van der Waals surface area contributed by atoms with Crippen molar-refractivity contribution < 1.29 is 4.79 Å². The third kappa shape index (κ3) is 4.01. The fraction of sp³-hybridized carbons (Fsp3) is 0.450. The SMILES string of the molecule is Cc1ncc(C(=O)N2CCC(c3ccc(Cl)cc3)CC2)c(C(C)C)n1. The molecular weight excluding hydrogens is 334 g/mol. The lowest BCUT2D eigenvalue weighted by Gasteiger charge is -2.32. The molecule has 1 fully saturated rings. The Balaban J connectivity index is 1.71. The summed E-state index contributed by atoms with van der Waals surface area (Å²) in [6, 6.07) is 8.06. The lowest BCUT2D eigenvalue weighted by atomic mass is 9.89. The highest BCUT2D eigenvalue weighted by molar-refractivity contribution is 6.30. The molecule has 1 aliphatic rings. The van der Waals surface area contributed by atoms with Gasteiger partial charge >= 0.3 is 0 Å². The number of hydrogen-bond donors (Lipinski definition) is 0. The van der Waals surface area contributed by atoms with Crippen molar-refractivity contribution in [3.05, 3.63) is 58.1 Å². The first-order chi connectivity index (χ1) is 12.0. The summed E-state index contributed by atoms with van der Waals surface area (Å²) in [5.41, 5.74) is 2.79. The van der Waals surface area contributed by atoms with Crippen LogP contribution in [0.3, 0.4) is 0 Å². The minimum Gasteiger partial charge on any atom is -0.338 e. The number of carbonyl (C=O) groups excluding carboxylic acids is 1. The van der Waals surface area contributed by atoms with Gasteiger partial charge in [-0.15, -0.1) is 0 Å². The first-order valence-corrected chi connectivity index (χ1v) is 9.21. The van der Waals surface area contributed by atoms with E-state index in [1.165, 1.54) is 5.56 Å². The normalized spacial score (nSPS) is 15.6. The summed E-state index contributed by atoms with van der Waals surface area (Å²) in [5, 5.41) is 0.761. The van der Waals surface area contributed by atoms with Gasteiger partial charge < -0.3 is 4.90 Å². The minimum atomic E-state index is 0.0539. The molecule has 4 nitrogen and oxygen atoms in total. The number of benzene rings is 1. The number of rotatable bonds is 3. The molecule has 0 N–H and O–H groups in total. The van der Waals surface area contributed by atoms with Crippen LogP contribution in [0.15, 0.2) is 30.5 Å². The quantitative estimate of drug-likeness (QED) is 0.807. The van der Waals surface area contributed by atoms with Crippen LogP contribution in [0.4, 0.5) is 0 Å². The molecule has 5 heteroatoms. The maximum Gasteiger partial charge on any atom is 0.257 e. The lowest BCUT2D eigenvalue weighted by molar-refractivity contribution is 0.0710. The number of amides is 1. The van der Waals surface area contributed by atoms with Crippen molar-refractivity contribution in [2.45, 2.75) is 45.4 Å². The van der Waals surface area contributed by atoms with Crippen molar-refractivity contribution in [1.29, 1.82) is 0 Å². The predicted molar refractivity (Wildman–Crippen MR) is 100 cm³/mol. The van der Waals surface area contributed by atoms with Crippen LogP contribution in [-0.2, 0) is 0 Å². The van der Waals surface area contributed by atoms with E-state index in [0.29, 0.717) is 17.3 Å². The van der Waals surface area contributed by atoms with E-state index in [4.69, 9.17) is 11.6 Å². The van der Waals surface area contributed by atoms with Crippen molar-refractivity contribution in [3.63, 3.8) is 0 Å². The Kier molecular flexibility index (Phi) is 5.38. The van der Waals surface area contributed by atoms with Gasteiger partial charge in [0.25, 0.3) is 5.91 Å². The van der Waals surface area contributed by atoms with E-state index in [0.717, 1.165) is 36.6 Å². The molecule has 1 saturated heterocycles. The van der Waals surface area contributed by atoms with Crippen LogP contribution in [0.1, 0.15) is 66.0 Å². The van der Waals surface area contributed by atoms with Crippen molar-refractivity contribution in [1.82, 2.24) is 14.9 Å². The highest BCUT2D eigenvalue weighted by Gasteiger charge is 2.27. The summed E-state index contributed by atoms with van der Waals surface area (Å²) in [6.45, 7) is 7.50. The van der Waals surface area contributed by atoms with Crippen LogP contribution in [0.2, 0.25) is 5.02 Å². The Morgan fingerprint density at radius 3 is 2.44 bits per heavy atom. The topological polar surface area (TPSA) is 46.1 Å². The summed E-state index contributed by atoms with van der Waals surface area (Å²) in [4.78, 5) is 23.6. The molecule has 25 heavy (non-hydrogen) atoms. The fourth-order valence-corrected chi connectivity index (χ4v) is 3.54. The van der Waals surface area contributed by atoms with Crippen LogP contribution in [-0.4, -0.2) is 33.9 Å². The van der Waals surface area contributed by atoms with Crippen LogP contribution < -0.4 is 0 Å². The number of carbonyl (C=O) groups is 1. The molecule has 1 aromatic carbocycles. The molecule has 0 bridgehead atoms. The zero-order chi connectivity index (χ0) is 18.0. The second-order valence-corrected chi connectivity index (χ2v) is 7.43. The maximum atomic E-state index is 13.0. The van der Waals surface area contributed by atoms with E-state index in [1.807, 2.05) is 24.0 Å². The number of halogens is 1. The number of aryl methyl sites for hydroxylation is 1. The summed E-state index contributed by atoms with van der Waals surface area (Å²) >= 11 is 5.97. The van der Waals surface area contributed by atoms with Gasteiger partial charge in [-0.2, -0.15) is 0 Å². The van der Waals surface area contributed by atoms with Crippen molar-refractivity contribution in [2.75, 3.05) is 13.1 Å². The van der Waals surface area contributed by atoms with E-state index in [1.54, 1.807) is 6.20 Å². The molecule has 1 aliphatic heterocycles. The fourth-order valence-electron chi connectivity index (χ4n) is 3.41. The summed E-state index contributed by atoms with van der Waals surface area (Å²) in [7, 11) is 0. The van der Waals surface area contributed by atoms with Gasteiger partial charge in [-0.25, -0.2) is 9.97 Å². The van der Waals surface area contributed by atoms with Gasteiger partial charge in [-0.3, -0.25) is 4.79 Å². The third-order valence-corrected chi connectivity index (χ3v) is 5.09. The maximum absolute atomic E-state index is 13.0. The van der Waals surface area contributed by atoms with E-state index in [2.05, 4.69) is 35.9 Å². The molecule has 132 valence electrons. The van der Waals surface area contributed by atoms with Crippen LogP contribution in [0.5, 0.6) is 0 Å². The molecule has 2 heterocycles.